The first-order chi connectivity index (χ1) is 13.4. The highest BCUT2D eigenvalue weighted by atomic mass is 16.5. The fourth-order valence-electron chi connectivity index (χ4n) is 2.54. The van der Waals surface area contributed by atoms with Crippen LogP contribution in [0.25, 0.3) is 0 Å². The molecule has 0 atom stereocenters. The van der Waals surface area contributed by atoms with E-state index in [2.05, 4.69) is 10.1 Å². The van der Waals surface area contributed by atoms with E-state index in [0.717, 1.165) is 17.7 Å². The van der Waals surface area contributed by atoms with Crippen LogP contribution in [-0.4, -0.2) is 31.4 Å². The van der Waals surface area contributed by atoms with Gasteiger partial charge in [0.2, 0.25) is 5.91 Å². The Morgan fingerprint density at radius 1 is 0.964 bits per heavy atom. The summed E-state index contributed by atoms with van der Waals surface area (Å²) in [5.41, 5.74) is 2.23. The van der Waals surface area contributed by atoms with E-state index in [1.807, 2.05) is 13.8 Å². The maximum absolute atomic E-state index is 12.3. The minimum Gasteiger partial charge on any atom is -0.494 e. The van der Waals surface area contributed by atoms with Crippen molar-refractivity contribution in [1.29, 1.82) is 0 Å². The van der Waals surface area contributed by atoms with Crippen molar-refractivity contribution < 1.29 is 23.9 Å². The highest BCUT2D eigenvalue weighted by Gasteiger charge is 2.13. The lowest BCUT2D eigenvalue weighted by atomic mass is 10.1. The number of carbonyl (C=O) groups is 3. The van der Waals surface area contributed by atoms with Crippen LogP contribution in [0.4, 0.5) is 5.69 Å². The maximum Gasteiger partial charge on any atom is 0.337 e. The van der Waals surface area contributed by atoms with Crippen LogP contribution >= 0.6 is 0 Å². The summed E-state index contributed by atoms with van der Waals surface area (Å²) >= 11 is 0. The Balaban J connectivity index is 1.91. The predicted molar refractivity (Wildman–Crippen MR) is 107 cm³/mol. The van der Waals surface area contributed by atoms with Crippen LogP contribution in [0.15, 0.2) is 42.5 Å². The number of anilines is 1. The highest BCUT2D eigenvalue weighted by Crippen LogP contribution is 2.19. The molecule has 2 aromatic rings. The van der Waals surface area contributed by atoms with Crippen molar-refractivity contribution in [2.75, 3.05) is 19.0 Å². The van der Waals surface area contributed by atoms with Crippen molar-refractivity contribution in [3.8, 4) is 5.75 Å². The van der Waals surface area contributed by atoms with Gasteiger partial charge in [0, 0.05) is 24.1 Å². The summed E-state index contributed by atoms with van der Waals surface area (Å²) < 4.78 is 10.2. The summed E-state index contributed by atoms with van der Waals surface area (Å²) in [6.07, 6.45) is 1.06. The number of ether oxygens (including phenoxy) is 2. The zero-order valence-corrected chi connectivity index (χ0v) is 16.4. The van der Waals surface area contributed by atoms with Crippen molar-refractivity contribution in [2.24, 2.45) is 0 Å². The number of esters is 1. The number of hydrogen-bond acceptors (Lipinski definition) is 5. The Morgan fingerprint density at radius 3 is 2.29 bits per heavy atom. The van der Waals surface area contributed by atoms with Gasteiger partial charge in [0.15, 0.2) is 5.78 Å². The van der Waals surface area contributed by atoms with Gasteiger partial charge >= 0.3 is 5.97 Å². The highest BCUT2D eigenvalue weighted by molar-refractivity contribution is 6.00. The van der Waals surface area contributed by atoms with Crippen molar-refractivity contribution in [1.82, 2.24) is 0 Å². The number of amides is 1. The zero-order valence-electron chi connectivity index (χ0n) is 16.4. The van der Waals surface area contributed by atoms with E-state index in [1.54, 1.807) is 42.5 Å². The SMILES string of the molecule is CCCOc1ccc(C(=O)CCC(=O)Nc2cc(C(=O)OC)ccc2C)cc1. The van der Waals surface area contributed by atoms with Gasteiger partial charge in [0.25, 0.3) is 0 Å². The number of carbonyl (C=O) groups excluding carboxylic acids is 3. The lowest BCUT2D eigenvalue weighted by Gasteiger charge is -2.10. The van der Waals surface area contributed by atoms with E-state index < -0.39 is 5.97 Å². The van der Waals surface area contributed by atoms with Crippen molar-refractivity contribution in [3.05, 3.63) is 59.2 Å². The molecule has 0 aliphatic carbocycles. The van der Waals surface area contributed by atoms with Crippen LogP contribution in [0.5, 0.6) is 5.75 Å². The van der Waals surface area contributed by atoms with Gasteiger partial charge in [-0.1, -0.05) is 13.0 Å². The van der Waals surface area contributed by atoms with Crippen LogP contribution in [0.2, 0.25) is 0 Å². The smallest absolute Gasteiger partial charge is 0.337 e. The fraction of sp³-hybridized carbons (Fsp3) is 0.318. The first-order valence-electron chi connectivity index (χ1n) is 9.19. The summed E-state index contributed by atoms with van der Waals surface area (Å²) in [5.74, 6) is -0.160. The molecule has 0 bridgehead atoms. The van der Waals surface area contributed by atoms with E-state index in [4.69, 9.17) is 4.74 Å². The monoisotopic (exact) mass is 383 g/mol. The third kappa shape index (κ3) is 5.94. The maximum atomic E-state index is 12.3. The molecule has 0 fully saturated rings. The average Bonchev–Trinajstić information content (AvgIpc) is 2.71. The van der Waals surface area contributed by atoms with E-state index in [1.165, 1.54) is 7.11 Å². The van der Waals surface area contributed by atoms with Crippen LogP contribution in [0.1, 0.15) is 52.5 Å². The van der Waals surface area contributed by atoms with E-state index in [9.17, 15) is 14.4 Å². The van der Waals surface area contributed by atoms with Crippen LogP contribution in [0.3, 0.4) is 0 Å². The molecule has 6 heteroatoms. The topological polar surface area (TPSA) is 81.7 Å². The van der Waals surface area contributed by atoms with Gasteiger partial charge in [0.1, 0.15) is 5.75 Å². The molecule has 28 heavy (non-hydrogen) atoms. The second kappa shape index (κ2) is 10.3. The second-order valence-corrected chi connectivity index (χ2v) is 6.37. The molecule has 0 radical (unpaired) electrons. The molecule has 1 amide bonds. The lowest BCUT2D eigenvalue weighted by Crippen LogP contribution is -2.15. The number of ketones is 1. The number of Topliss-reactive ketones (excluding diaryl/α,β-unsaturated/α-hetero) is 1. The van der Waals surface area contributed by atoms with Gasteiger partial charge in [-0.3, -0.25) is 9.59 Å². The van der Waals surface area contributed by atoms with Gasteiger partial charge in [-0.05, 0) is 55.3 Å². The summed E-state index contributed by atoms with van der Waals surface area (Å²) in [7, 11) is 1.30. The number of benzene rings is 2. The normalized spacial score (nSPS) is 10.2. The first kappa shape index (κ1) is 21.2. The Bertz CT molecular complexity index is 843. The third-order valence-corrected chi connectivity index (χ3v) is 4.16. The van der Waals surface area contributed by atoms with Crippen LogP contribution in [0, 0.1) is 6.92 Å². The molecule has 1 N–H and O–H groups in total. The molecule has 0 spiro atoms. The van der Waals surface area contributed by atoms with Crippen LogP contribution in [-0.2, 0) is 9.53 Å². The average molecular weight is 383 g/mol. The third-order valence-electron chi connectivity index (χ3n) is 4.16. The number of aryl methyl sites for hydroxylation is 1. The summed E-state index contributed by atoms with van der Waals surface area (Å²) in [6.45, 7) is 4.48. The summed E-state index contributed by atoms with van der Waals surface area (Å²) in [5, 5.41) is 2.75. The molecule has 0 aliphatic rings. The standard InChI is InChI=1S/C22H25NO5/c1-4-13-28-18-9-7-16(8-10-18)20(24)11-12-21(25)23-19-14-17(22(26)27-3)6-5-15(19)2/h5-10,14H,4,11-13H2,1-3H3,(H,23,25). The first-order valence-corrected chi connectivity index (χ1v) is 9.19. The quantitative estimate of drug-likeness (QED) is 0.519. The van der Waals surface area contributed by atoms with Crippen molar-refractivity contribution >= 4 is 23.3 Å². The molecule has 0 saturated carbocycles. The summed E-state index contributed by atoms with van der Waals surface area (Å²) in [4.78, 5) is 36.1. The van der Waals surface area contributed by atoms with Gasteiger partial charge in [-0.25, -0.2) is 4.79 Å². The Morgan fingerprint density at radius 2 is 1.64 bits per heavy atom. The predicted octanol–water partition coefficient (Wildman–Crippen LogP) is 4.17. The Labute approximate surface area is 164 Å². The molecule has 148 valence electrons. The number of nitrogens with one attached hydrogen (secondary N) is 1. The minimum absolute atomic E-state index is 0.0504. The van der Waals surface area contributed by atoms with Gasteiger partial charge in [-0.15, -0.1) is 0 Å². The molecule has 0 saturated heterocycles. The van der Waals surface area contributed by atoms with E-state index >= 15 is 0 Å². The van der Waals surface area contributed by atoms with Gasteiger partial charge in [-0.2, -0.15) is 0 Å². The molecule has 2 rings (SSSR count). The minimum atomic E-state index is -0.475. The number of methoxy groups -OCH3 is 1. The van der Waals surface area contributed by atoms with Crippen molar-refractivity contribution in [2.45, 2.75) is 33.1 Å². The molecule has 0 unspecified atom stereocenters. The number of rotatable bonds is 9. The van der Waals surface area contributed by atoms with Crippen LogP contribution < -0.4 is 10.1 Å². The molecule has 0 aliphatic heterocycles. The molecule has 6 nitrogen and oxygen atoms in total. The molecule has 2 aromatic carbocycles. The van der Waals surface area contributed by atoms with Crippen molar-refractivity contribution in [3.63, 3.8) is 0 Å². The Hall–Kier alpha value is -3.15. The van der Waals surface area contributed by atoms with E-state index in [-0.39, 0.29) is 24.5 Å². The largest absolute Gasteiger partial charge is 0.494 e. The van der Waals surface area contributed by atoms with Gasteiger partial charge < -0.3 is 14.8 Å². The zero-order chi connectivity index (χ0) is 20.5. The van der Waals surface area contributed by atoms with Gasteiger partial charge in [0.05, 0.1) is 19.3 Å². The molecular formula is C22H25NO5. The summed E-state index contributed by atoms with van der Waals surface area (Å²) in [6, 6.07) is 11.8. The van der Waals surface area contributed by atoms with E-state index in [0.29, 0.717) is 23.4 Å². The molecule has 0 heterocycles. The fourth-order valence-corrected chi connectivity index (χ4v) is 2.54. The molecular weight excluding hydrogens is 358 g/mol. The number of hydrogen-bond donors (Lipinski definition) is 1. The second-order valence-electron chi connectivity index (χ2n) is 6.37. The lowest BCUT2D eigenvalue weighted by molar-refractivity contribution is -0.116. The molecule has 0 aromatic heterocycles. The Kier molecular flexibility index (Phi) is 7.75.